The second-order valence-electron chi connectivity index (χ2n) is 6.04. The molecule has 1 aliphatic rings. The highest BCUT2D eigenvalue weighted by Gasteiger charge is 2.29. The molecule has 1 saturated carbocycles. The molecule has 4 rings (SSSR count). The summed E-state index contributed by atoms with van der Waals surface area (Å²) in [4.78, 5) is 4.83. The molecule has 0 radical (unpaired) electrons. The van der Waals surface area contributed by atoms with Crippen molar-refractivity contribution in [1.82, 2.24) is 9.55 Å². The molecule has 1 heterocycles. The molecule has 2 aromatic carbocycles. The van der Waals surface area contributed by atoms with Crippen molar-refractivity contribution in [3.05, 3.63) is 59.4 Å². The number of hydrogen-bond donors (Lipinski definition) is 0. The maximum atomic E-state index is 5.88. The van der Waals surface area contributed by atoms with E-state index in [1.54, 1.807) is 0 Å². The molecule has 23 heavy (non-hydrogen) atoms. The van der Waals surface area contributed by atoms with E-state index in [4.69, 9.17) is 21.3 Å². The minimum atomic E-state index is 0.652. The van der Waals surface area contributed by atoms with Gasteiger partial charge in [0.15, 0.2) is 0 Å². The first-order chi connectivity index (χ1) is 11.3. The topological polar surface area (TPSA) is 27.1 Å². The van der Waals surface area contributed by atoms with Gasteiger partial charge in [-0.25, -0.2) is 4.98 Å². The largest absolute Gasteiger partial charge is 0.494 e. The monoisotopic (exact) mass is 326 g/mol. The van der Waals surface area contributed by atoms with Crippen LogP contribution < -0.4 is 4.74 Å². The Morgan fingerprint density at radius 3 is 2.65 bits per heavy atom. The van der Waals surface area contributed by atoms with Crippen molar-refractivity contribution in [2.24, 2.45) is 0 Å². The molecule has 4 heteroatoms. The summed E-state index contributed by atoms with van der Waals surface area (Å²) in [5.41, 5.74) is 2.34. The van der Waals surface area contributed by atoms with Gasteiger partial charge in [0.25, 0.3) is 0 Å². The number of para-hydroxylation sites is 2. The van der Waals surface area contributed by atoms with Crippen LogP contribution in [-0.2, 0) is 6.54 Å². The average molecular weight is 327 g/mol. The third-order valence-corrected chi connectivity index (χ3v) is 4.49. The van der Waals surface area contributed by atoms with E-state index in [-0.39, 0.29) is 0 Å². The van der Waals surface area contributed by atoms with E-state index in [0.717, 1.165) is 29.3 Å². The van der Waals surface area contributed by atoms with Crippen LogP contribution in [0.4, 0.5) is 0 Å². The van der Waals surface area contributed by atoms with Gasteiger partial charge in [-0.2, -0.15) is 0 Å². The standard InChI is InChI=1S/C19H19ClN2O/c20-15-8-10-16(11-9-15)23-13-3-12-22-18-5-2-1-4-17(18)21-19(22)14-6-7-14/h1-2,4-5,8-11,14H,3,6-7,12-13H2. The Kier molecular flexibility index (Phi) is 3.96. The molecule has 0 bridgehead atoms. The summed E-state index contributed by atoms with van der Waals surface area (Å²) in [5, 5.41) is 0.733. The maximum Gasteiger partial charge on any atom is 0.119 e. The molecule has 1 fully saturated rings. The predicted molar refractivity (Wildman–Crippen MR) is 93.3 cm³/mol. The summed E-state index contributed by atoms with van der Waals surface area (Å²) in [7, 11) is 0. The van der Waals surface area contributed by atoms with Gasteiger partial charge in [-0.05, 0) is 55.7 Å². The number of ether oxygens (including phenoxy) is 1. The first kappa shape index (κ1) is 14.6. The van der Waals surface area contributed by atoms with Gasteiger partial charge in [0.1, 0.15) is 11.6 Å². The van der Waals surface area contributed by atoms with Crippen molar-refractivity contribution in [3.63, 3.8) is 0 Å². The van der Waals surface area contributed by atoms with Crippen molar-refractivity contribution in [1.29, 1.82) is 0 Å². The van der Waals surface area contributed by atoms with Crippen molar-refractivity contribution < 1.29 is 4.74 Å². The zero-order valence-electron chi connectivity index (χ0n) is 12.9. The number of aryl methyl sites for hydroxylation is 1. The van der Waals surface area contributed by atoms with Crippen LogP contribution >= 0.6 is 11.6 Å². The second-order valence-corrected chi connectivity index (χ2v) is 6.48. The Hall–Kier alpha value is -2.00. The van der Waals surface area contributed by atoms with Crippen LogP contribution in [0.15, 0.2) is 48.5 Å². The molecule has 1 aliphatic carbocycles. The number of aromatic nitrogens is 2. The normalized spacial score (nSPS) is 14.3. The molecular formula is C19H19ClN2O. The van der Waals surface area contributed by atoms with Gasteiger partial charge in [0.2, 0.25) is 0 Å². The molecule has 0 spiro atoms. The summed E-state index contributed by atoms with van der Waals surface area (Å²) in [6, 6.07) is 15.9. The maximum absolute atomic E-state index is 5.88. The van der Waals surface area contributed by atoms with Crippen LogP contribution in [0, 0.1) is 0 Å². The van der Waals surface area contributed by atoms with E-state index < -0.39 is 0 Å². The molecule has 3 aromatic rings. The summed E-state index contributed by atoms with van der Waals surface area (Å²) in [5.74, 6) is 2.77. The van der Waals surface area contributed by atoms with Crippen molar-refractivity contribution >= 4 is 22.6 Å². The van der Waals surface area contributed by atoms with Gasteiger partial charge in [-0.15, -0.1) is 0 Å². The molecule has 118 valence electrons. The number of hydrogen-bond acceptors (Lipinski definition) is 2. The van der Waals surface area contributed by atoms with E-state index in [1.807, 2.05) is 24.3 Å². The zero-order valence-corrected chi connectivity index (χ0v) is 13.7. The van der Waals surface area contributed by atoms with Gasteiger partial charge >= 0.3 is 0 Å². The fraction of sp³-hybridized carbons (Fsp3) is 0.316. The lowest BCUT2D eigenvalue weighted by atomic mass is 10.3. The first-order valence-corrected chi connectivity index (χ1v) is 8.52. The van der Waals surface area contributed by atoms with Crippen LogP contribution in [0.5, 0.6) is 5.75 Å². The van der Waals surface area contributed by atoms with Crippen LogP contribution in [0.1, 0.15) is 31.0 Å². The predicted octanol–water partition coefficient (Wildman–Crippen LogP) is 5.04. The van der Waals surface area contributed by atoms with Gasteiger partial charge in [-0.3, -0.25) is 0 Å². The second kappa shape index (κ2) is 6.25. The number of nitrogens with zero attached hydrogens (tertiary/aromatic N) is 2. The van der Waals surface area contributed by atoms with E-state index in [1.165, 1.54) is 24.2 Å². The number of benzene rings is 2. The smallest absolute Gasteiger partial charge is 0.119 e. The molecule has 0 amide bonds. The Balaban J connectivity index is 1.43. The molecular weight excluding hydrogens is 308 g/mol. The Bertz CT molecular complexity index is 806. The van der Waals surface area contributed by atoms with Crippen LogP contribution in [0.25, 0.3) is 11.0 Å². The fourth-order valence-electron chi connectivity index (χ4n) is 2.93. The average Bonchev–Trinajstić information content (AvgIpc) is 3.35. The molecule has 0 aliphatic heterocycles. The molecule has 0 N–H and O–H groups in total. The van der Waals surface area contributed by atoms with Crippen molar-refractivity contribution in [2.45, 2.75) is 31.7 Å². The fourth-order valence-corrected chi connectivity index (χ4v) is 3.05. The van der Waals surface area contributed by atoms with Gasteiger partial charge in [0, 0.05) is 17.5 Å². The van der Waals surface area contributed by atoms with Crippen molar-refractivity contribution in [3.8, 4) is 5.75 Å². The van der Waals surface area contributed by atoms with E-state index in [0.29, 0.717) is 12.5 Å². The van der Waals surface area contributed by atoms with Crippen LogP contribution in [0.2, 0.25) is 5.02 Å². The Labute approximate surface area is 140 Å². The molecule has 0 saturated heterocycles. The van der Waals surface area contributed by atoms with Gasteiger partial charge in [0.05, 0.1) is 17.6 Å². The third kappa shape index (κ3) is 3.20. The lowest BCUT2D eigenvalue weighted by Gasteiger charge is -2.10. The first-order valence-electron chi connectivity index (χ1n) is 8.15. The SMILES string of the molecule is Clc1ccc(OCCCn2c(C3CC3)nc3ccccc32)cc1. The Morgan fingerprint density at radius 1 is 1.09 bits per heavy atom. The highest BCUT2D eigenvalue weighted by Crippen LogP contribution is 2.40. The third-order valence-electron chi connectivity index (χ3n) is 4.23. The van der Waals surface area contributed by atoms with Crippen LogP contribution in [-0.4, -0.2) is 16.2 Å². The van der Waals surface area contributed by atoms with Gasteiger partial charge < -0.3 is 9.30 Å². The number of fused-ring (bicyclic) bond motifs is 1. The molecule has 0 atom stereocenters. The van der Waals surface area contributed by atoms with Gasteiger partial charge in [-0.1, -0.05) is 23.7 Å². The Morgan fingerprint density at radius 2 is 1.87 bits per heavy atom. The summed E-state index contributed by atoms with van der Waals surface area (Å²) in [6.45, 7) is 1.64. The summed E-state index contributed by atoms with van der Waals surface area (Å²) >= 11 is 5.88. The van der Waals surface area contributed by atoms with E-state index in [2.05, 4.69) is 28.8 Å². The quantitative estimate of drug-likeness (QED) is 0.594. The van der Waals surface area contributed by atoms with Crippen LogP contribution in [0.3, 0.4) is 0 Å². The number of halogens is 1. The number of imidazole rings is 1. The minimum Gasteiger partial charge on any atom is -0.494 e. The number of rotatable bonds is 6. The lowest BCUT2D eigenvalue weighted by Crippen LogP contribution is -2.07. The molecule has 0 unspecified atom stereocenters. The van der Waals surface area contributed by atoms with E-state index >= 15 is 0 Å². The highest BCUT2D eigenvalue weighted by molar-refractivity contribution is 6.30. The zero-order chi connectivity index (χ0) is 15.6. The molecule has 3 nitrogen and oxygen atoms in total. The lowest BCUT2D eigenvalue weighted by molar-refractivity contribution is 0.302. The van der Waals surface area contributed by atoms with E-state index in [9.17, 15) is 0 Å². The molecule has 1 aromatic heterocycles. The van der Waals surface area contributed by atoms with Crippen molar-refractivity contribution in [2.75, 3.05) is 6.61 Å². The summed E-state index contributed by atoms with van der Waals surface area (Å²) in [6.07, 6.45) is 3.50. The summed E-state index contributed by atoms with van der Waals surface area (Å²) < 4.78 is 8.17. The minimum absolute atomic E-state index is 0.652. The highest BCUT2D eigenvalue weighted by atomic mass is 35.5.